The normalized spacial score (nSPS) is 16.2. The van der Waals surface area contributed by atoms with Crippen molar-refractivity contribution in [1.29, 1.82) is 0 Å². The summed E-state index contributed by atoms with van der Waals surface area (Å²) in [5.74, 6) is 0.188. The van der Waals surface area contributed by atoms with E-state index in [-0.39, 0.29) is 5.78 Å². The fourth-order valence-corrected chi connectivity index (χ4v) is 1.59. The van der Waals surface area contributed by atoms with Crippen LogP contribution in [0.25, 0.3) is 0 Å². The zero-order chi connectivity index (χ0) is 11.3. The molecule has 1 rings (SSSR count). The largest absolute Gasteiger partial charge is 0.381 e. The van der Waals surface area contributed by atoms with Crippen molar-refractivity contribution >= 4 is 5.78 Å². The van der Waals surface area contributed by atoms with Crippen LogP contribution in [-0.4, -0.2) is 30.4 Å². The number of carbonyl (C=O) groups excluding carboxylic acids is 1. The lowest BCUT2D eigenvalue weighted by atomic mass is 10.2. The van der Waals surface area contributed by atoms with Crippen molar-refractivity contribution in [1.82, 2.24) is 4.90 Å². The van der Waals surface area contributed by atoms with E-state index in [1.54, 1.807) is 0 Å². The molecule has 0 aromatic carbocycles. The maximum absolute atomic E-state index is 11.6. The molecule has 0 atom stereocenters. The molecule has 84 valence electrons. The molecule has 0 aromatic heterocycles. The molecule has 1 saturated heterocycles. The van der Waals surface area contributed by atoms with Crippen LogP contribution in [0.1, 0.15) is 26.2 Å². The zero-order valence-electron chi connectivity index (χ0n) is 9.42. The predicted molar refractivity (Wildman–Crippen MR) is 60.3 cm³/mol. The summed E-state index contributed by atoms with van der Waals surface area (Å²) in [4.78, 5) is 13.5. The average Bonchev–Trinajstić information content (AvgIpc) is 2.50. The highest BCUT2D eigenvalue weighted by molar-refractivity contribution is 5.81. The molecule has 1 aliphatic rings. The van der Waals surface area contributed by atoms with Gasteiger partial charge in [-0.3, -0.25) is 4.79 Å². The Morgan fingerprint density at radius 1 is 1.40 bits per heavy atom. The molecule has 1 aliphatic heterocycles. The molecule has 0 unspecified atom stereocenters. The molecule has 1 fully saturated rings. The predicted octanol–water partition coefficient (Wildman–Crippen LogP) is 2.11. The highest BCUT2D eigenvalue weighted by Crippen LogP contribution is 2.27. The minimum Gasteiger partial charge on any atom is -0.381 e. The Balaban J connectivity index is 2.31. The second-order valence-electron chi connectivity index (χ2n) is 3.70. The third-order valence-corrected chi connectivity index (χ3v) is 2.53. The smallest absolute Gasteiger partial charge is 0.154 e. The van der Waals surface area contributed by atoms with E-state index in [1.165, 1.54) is 0 Å². The van der Waals surface area contributed by atoms with Gasteiger partial charge in [-0.15, -0.1) is 0 Å². The number of ketones is 1. The number of Topliss-reactive ketones (excluding diaryl/α,β-unsaturated/α-hetero) is 1. The van der Waals surface area contributed by atoms with Gasteiger partial charge in [0.2, 0.25) is 0 Å². The highest BCUT2D eigenvalue weighted by Gasteiger charge is 2.20. The number of hydrogen-bond acceptors (Lipinski definition) is 3. The Kier molecular flexibility index (Phi) is 4.56. The van der Waals surface area contributed by atoms with E-state index >= 15 is 0 Å². The second kappa shape index (κ2) is 5.71. The molecule has 0 aliphatic carbocycles. The molecule has 0 bridgehead atoms. The maximum Gasteiger partial charge on any atom is 0.154 e. The SMILES string of the molecule is C=C1CCC(=C)N1CC(=O)CCOCC. The van der Waals surface area contributed by atoms with Crippen LogP contribution in [0.4, 0.5) is 0 Å². The van der Waals surface area contributed by atoms with Crippen molar-refractivity contribution < 1.29 is 9.53 Å². The van der Waals surface area contributed by atoms with Crippen molar-refractivity contribution in [3.8, 4) is 0 Å². The van der Waals surface area contributed by atoms with E-state index in [0.717, 1.165) is 24.2 Å². The number of hydrogen-bond donors (Lipinski definition) is 0. The minimum atomic E-state index is 0.188. The lowest BCUT2D eigenvalue weighted by Crippen LogP contribution is -2.24. The summed E-state index contributed by atoms with van der Waals surface area (Å²) < 4.78 is 5.14. The average molecular weight is 209 g/mol. The second-order valence-corrected chi connectivity index (χ2v) is 3.70. The van der Waals surface area contributed by atoms with E-state index in [0.29, 0.717) is 26.2 Å². The van der Waals surface area contributed by atoms with Crippen molar-refractivity contribution in [3.05, 3.63) is 24.6 Å². The van der Waals surface area contributed by atoms with E-state index in [9.17, 15) is 4.79 Å². The third-order valence-electron chi connectivity index (χ3n) is 2.53. The third kappa shape index (κ3) is 3.51. The Bertz CT molecular complexity index is 255. The van der Waals surface area contributed by atoms with Gasteiger partial charge in [0.05, 0.1) is 13.2 Å². The molecule has 0 saturated carbocycles. The summed E-state index contributed by atoms with van der Waals surface area (Å²) in [5.41, 5.74) is 2.01. The number of rotatable bonds is 6. The summed E-state index contributed by atoms with van der Waals surface area (Å²) in [6.45, 7) is 11.3. The summed E-state index contributed by atoms with van der Waals surface area (Å²) in [5, 5.41) is 0. The Labute approximate surface area is 91.4 Å². The summed E-state index contributed by atoms with van der Waals surface area (Å²) >= 11 is 0. The van der Waals surface area contributed by atoms with Crippen LogP contribution in [0.3, 0.4) is 0 Å². The van der Waals surface area contributed by atoms with Crippen molar-refractivity contribution in [2.45, 2.75) is 26.2 Å². The van der Waals surface area contributed by atoms with Crippen LogP contribution in [0.2, 0.25) is 0 Å². The van der Waals surface area contributed by atoms with Gasteiger partial charge < -0.3 is 9.64 Å². The van der Waals surface area contributed by atoms with Crippen LogP contribution < -0.4 is 0 Å². The van der Waals surface area contributed by atoms with Crippen LogP contribution >= 0.6 is 0 Å². The first-order valence-electron chi connectivity index (χ1n) is 5.37. The number of ether oxygens (including phenoxy) is 1. The van der Waals surface area contributed by atoms with E-state index in [1.807, 2.05) is 11.8 Å². The van der Waals surface area contributed by atoms with Gasteiger partial charge in [-0.1, -0.05) is 13.2 Å². The molecule has 15 heavy (non-hydrogen) atoms. The number of nitrogens with zero attached hydrogens (tertiary/aromatic N) is 1. The maximum atomic E-state index is 11.6. The molecular formula is C12H19NO2. The first kappa shape index (κ1) is 12.0. The molecule has 0 amide bonds. The molecule has 1 heterocycles. The zero-order valence-corrected chi connectivity index (χ0v) is 9.42. The lowest BCUT2D eigenvalue weighted by molar-refractivity contribution is -0.120. The summed E-state index contributed by atoms with van der Waals surface area (Å²) in [6.07, 6.45) is 2.33. The topological polar surface area (TPSA) is 29.5 Å². The van der Waals surface area contributed by atoms with Gasteiger partial charge in [-0.2, -0.15) is 0 Å². The van der Waals surface area contributed by atoms with Gasteiger partial charge in [-0.25, -0.2) is 0 Å². The van der Waals surface area contributed by atoms with Crippen LogP contribution in [-0.2, 0) is 9.53 Å². The number of carbonyl (C=O) groups is 1. The first-order valence-corrected chi connectivity index (χ1v) is 5.37. The molecule has 0 radical (unpaired) electrons. The Morgan fingerprint density at radius 3 is 2.53 bits per heavy atom. The van der Waals surface area contributed by atoms with E-state index < -0.39 is 0 Å². The molecule has 0 aromatic rings. The summed E-state index contributed by atoms with van der Waals surface area (Å²) in [6, 6.07) is 0. The molecule has 3 heteroatoms. The Morgan fingerprint density at radius 2 is 2.00 bits per heavy atom. The minimum absolute atomic E-state index is 0.188. The van der Waals surface area contributed by atoms with Crippen LogP contribution in [0, 0.1) is 0 Å². The molecule has 3 nitrogen and oxygen atoms in total. The van der Waals surface area contributed by atoms with Crippen LogP contribution in [0.15, 0.2) is 24.6 Å². The first-order chi connectivity index (χ1) is 7.15. The molecular weight excluding hydrogens is 190 g/mol. The van der Waals surface area contributed by atoms with Gasteiger partial charge in [0, 0.05) is 24.4 Å². The van der Waals surface area contributed by atoms with Crippen molar-refractivity contribution in [3.63, 3.8) is 0 Å². The standard InChI is InChI=1S/C12H19NO2/c1-4-15-8-7-12(14)9-13-10(2)5-6-11(13)3/h2-9H2,1H3. The van der Waals surface area contributed by atoms with E-state index in [4.69, 9.17) is 4.74 Å². The van der Waals surface area contributed by atoms with Crippen LogP contribution in [0.5, 0.6) is 0 Å². The number of likely N-dealkylation sites (tertiary alicyclic amines) is 1. The quantitative estimate of drug-likeness (QED) is 0.627. The highest BCUT2D eigenvalue weighted by atomic mass is 16.5. The van der Waals surface area contributed by atoms with Crippen molar-refractivity contribution in [2.75, 3.05) is 19.8 Å². The molecule has 0 spiro atoms. The monoisotopic (exact) mass is 209 g/mol. The van der Waals surface area contributed by atoms with Gasteiger partial charge in [0.1, 0.15) is 0 Å². The van der Waals surface area contributed by atoms with Gasteiger partial charge in [0.25, 0.3) is 0 Å². The van der Waals surface area contributed by atoms with Gasteiger partial charge >= 0.3 is 0 Å². The van der Waals surface area contributed by atoms with E-state index in [2.05, 4.69) is 13.2 Å². The van der Waals surface area contributed by atoms with Gasteiger partial charge in [-0.05, 0) is 19.8 Å². The summed E-state index contributed by atoms with van der Waals surface area (Å²) in [7, 11) is 0. The lowest BCUT2D eigenvalue weighted by Gasteiger charge is -2.19. The van der Waals surface area contributed by atoms with Gasteiger partial charge in [0.15, 0.2) is 5.78 Å². The molecule has 0 N–H and O–H groups in total. The Hall–Kier alpha value is -1.09. The fourth-order valence-electron chi connectivity index (χ4n) is 1.59. The fraction of sp³-hybridized carbons (Fsp3) is 0.583. The van der Waals surface area contributed by atoms with Crippen molar-refractivity contribution in [2.24, 2.45) is 0 Å². The number of allylic oxidation sites excluding steroid dienone is 2.